The molecule has 14 nitrogen and oxygen atoms in total. The molecule has 0 amide bonds. The van der Waals surface area contributed by atoms with E-state index in [1.54, 1.807) is 37.4 Å². The molecule has 0 aliphatic heterocycles. The van der Waals surface area contributed by atoms with Gasteiger partial charge in [-0.3, -0.25) is 19.1 Å². The minimum atomic E-state index is -0.0814. The van der Waals surface area contributed by atoms with Crippen molar-refractivity contribution in [2.24, 2.45) is 0 Å². The molecule has 0 aliphatic carbocycles. The van der Waals surface area contributed by atoms with Crippen molar-refractivity contribution in [2.45, 2.75) is 39.1 Å². The fourth-order valence-corrected chi connectivity index (χ4v) is 9.21. The van der Waals surface area contributed by atoms with Crippen molar-refractivity contribution in [1.29, 1.82) is 0 Å². The van der Waals surface area contributed by atoms with Crippen LogP contribution in [0, 0.1) is 0 Å². The van der Waals surface area contributed by atoms with Gasteiger partial charge in [0.2, 0.25) is 11.9 Å². The topological polar surface area (TPSA) is 178 Å². The zero-order valence-corrected chi connectivity index (χ0v) is 41.7. The molecule has 12 aromatic rings. The van der Waals surface area contributed by atoms with Crippen LogP contribution in [0.25, 0.3) is 78.5 Å². The summed E-state index contributed by atoms with van der Waals surface area (Å²) < 4.78 is 3.95. The molecule has 6 heterocycles. The number of benzene rings is 6. The smallest absolute Gasteiger partial charge is 0.225 e. The number of fused-ring (bicyclic) bond motifs is 2. The lowest BCUT2D eigenvalue weighted by atomic mass is 10.0. The summed E-state index contributed by atoms with van der Waals surface area (Å²) in [6.45, 7) is 4.01. The quantitative estimate of drug-likeness (QED) is 0.0812. The van der Waals surface area contributed by atoms with E-state index in [9.17, 15) is 10.2 Å². The first-order valence-corrected chi connectivity index (χ1v) is 24.9. The molecule has 12 rings (SSSR count). The second-order valence-electron chi connectivity index (χ2n) is 18.2. The predicted octanol–water partition coefficient (Wildman–Crippen LogP) is 12.4. The number of hydrogen-bond acceptors (Lipinski definition) is 12. The van der Waals surface area contributed by atoms with Crippen LogP contribution in [0.4, 0.5) is 11.9 Å². The standard InChI is InChI=1S/2C31H26N6O/c1-21(22-7-3-2-4-8-22)34-31-35-27(26-10-6-5-9-25(26)19-38)18-30(36-31)37-20-33-28-17-24(11-12-29(28)37)23-13-15-32-16-14-23;1-21(22-7-3-2-4-8-22)34-31-35-28(26-10-6-5-9-25(26)19-38)18-30(36-31)37-20-33-27-12-11-24(17-29(27)37)23-13-15-32-16-14-23/h2*2-18,20-21,38H,19H2,1H3,(H,34,35,36)/t2*21-/m00/s1. The SMILES string of the molecule is C[C@H](Nc1nc(-c2ccccc2CO)cc(-n2cnc3cc(-c4ccncc4)ccc32)n1)c1ccccc1.C[C@H](Nc1nc(-c2ccccc2CO)cc(-n2cnc3ccc(-c4ccncc4)cc32)n1)c1ccccc1. The second-order valence-corrected chi connectivity index (χ2v) is 18.2. The first kappa shape index (κ1) is 48.5. The highest BCUT2D eigenvalue weighted by molar-refractivity contribution is 5.85. The van der Waals surface area contributed by atoms with Crippen molar-refractivity contribution in [1.82, 2.24) is 49.0 Å². The van der Waals surface area contributed by atoms with Crippen LogP contribution < -0.4 is 10.6 Å². The van der Waals surface area contributed by atoms with Crippen LogP contribution in [-0.4, -0.2) is 59.2 Å². The van der Waals surface area contributed by atoms with Crippen molar-refractivity contribution in [3.05, 3.63) is 242 Å². The third kappa shape index (κ3) is 10.5. The number of pyridine rings is 2. The maximum atomic E-state index is 10.00. The van der Waals surface area contributed by atoms with Crippen LogP contribution >= 0.6 is 0 Å². The lowest BCUT2D eigenvalue weighted by Gasteiger charge is -2.17. The van der Waals surface area contributed by atoms with Gasteiger partial charge in [0, 0.05) is 48.0 Å². The van der Waals surface area contributed by atoms with Crippen molar-refractivity contribution in [2.75, 3.05) is 10.6 Å². The van der Waals surface area contributed by atoms with Gasteiger partial charge in [-0.05, 0) is 107 Å². The fourth-order valence-electron chi connectivity index (χ4n) is 9.21. The van der Waals surface area contributed by atoms with E-state index < -0.39 is 0 Å². The molecular formula is C62H52N12O2. The fraction of sp³-hybridized carbons (Fsp3) is 0.0968. The first-order valence-electron chi connectivity index (χ1n) is 24.9. The highest BCUT2D eigenvalue weighted by Gasteiger charge is 2.18. The Bertz CT molecular complexity index is 3910. The average molecular weight is 997 g/mol. The molecule has 6 aromatic carbocycles. The molecule has 2 atom stereocenters. The largest absolute Gasteiger partial charge is 0.392 e. The number of aliphatic hydroxyl groups is 2. The monoisotopic (exact) mass is 996 g/mol. The molecule has 0 aliphatic rings. The van der Waals surface area contributed by atoms with Crippen LogP contribution in [-0.2, 0) is 13.2 Å². The summed E-state index contributed by atoms with van der Waals surface area (Å²) >= 11 is 0. The first-order chi connectivity index (χ1) is 37.4. The van der Waals surface area contributed by atoms with E-state index in [1.807, 2.05) is 137 Å². The highest BCUT2D eigenvalue weighted by atomic mass is 16.3. The van der Waals surface area contributed by atoms with Gasteiger partial charge in [0.05, 0.1) is 58.8 Å². The van der Waals surface area contributed by atoms with Crippen LogP contribution in [0.2, 0.25) is 0 Å². The average Bonchev–Trinajstić information content (AvgIpc) is 4.16. The summed E-state index contributed by atoms with van der Waals surface area (Å²) in [5.41, 5.74) is 14.9. The second kappa shape index (κ2) is 22.2. The molecule has 372 valence electrons. The molecule has 0 saturated carbocycles. The van der Waals surface area contributed by atoms with E-state index in [4.69, 9.17) is 19.9 Å². The number of imidazole rings is 2. The number of anilines is 2. The molecule has 0 fully saturated rings. The Morgan fingerprint density at radius 1 is 0.421 bits per heavy atom. The number of nitrogens with one attached hydrogen (secondary N) is 2. The normalized spacial score (nSPS) is 11.9. The number of aliphatic hydroxyl groups excluding tert-OH is 2. The van der Waals surface area contributed by atoms with Gasteiger partial charge in [0.1, 0.15) is 24.3 Å². The molecule has 76 heavy (non-hydrogen) atoms. The van der Waals surface area contributed by atoms with Crippen LogP contribution in [0.3, 0.4) is 0 Å². The summed E-state index contributed by atoms with van der Waals surface area (Å²) in [5, 5.41) is 26.9. The third-order valence-electron chi connectivity index (χ3n) is 13.3. The number of nitrogens with zero attached hydrogens (tertiary/aromatic N) is 10. The van der Waals surface area contributed by atoms with E-state index in [0.29, 0.717) is 23.5 Å². The molecule has 0 saturated heterocycles. The minimum Gasteiger partial charge on any atom is -0.392 e. The Morgan fingerprint density at radius 2 is 0.868 bits per heavy atom. The molecule has 0 unspecified atom stereocenters. The maximum absolute atomic E-state index is 10.00. The van der Waals surface area contributed by atoms with Gasteiger partial charge >= 0.3 is 0 Å². The maximum Gasteiger partial charge on any atom is 0.225 e. The van der Waals surface area contributed by atoms with Crippen molar-refractivity contribution in [3.8, 4) is 56.4 Å². The van der Waals surface area contributed by atoms with E-state index in [0.717, 1.165) is 89.1 Å². The van der Waals surface area contributed by atoms with E-state index in [-0.39, 0.29) is 25.3 Å². The van der Waals surface area contributed by atoms with Crippen molar-refractivity contribution in [3.63, 3.8) is 0 Å². The number of aromatic nitrogens is 10. The number of rotatable bonds is 14. The van der Waals surface area contributed by atoms with Gasteiger partial charge in [-0.2, -0.15) is 9.97 Å². The highest BCUT2D eigenvalue weighted by Crippen LogP contribution is 2.32. The summed E-state index contributed by atoms with van der Waals surface area (Å²) in [4.78, 5) is 37.1. The van der Waals surface area contributed by atoms with Gasteiger partial charge in [-0.1, -0.05) is 121 Å². The molecule has 14 heteroatoms. The van der Waals surface area contributed by atoms with Crippen molar-refractivity contribution < 1.29 is 10.2 Å². The van der Waals surface area contributed by atoms with Gasteiger partial charge < -0.3 is 20.8 Å². The zero-order chi connectivity index (χ0) is 51.8. The lowest BCUT2D eigenvalue weighted by molar-refractivity contribution is 0.282. The number of hydrogen-bond donors (Lipinski definition) is 4. The Morgan fingerprint density at radius 3 is 1.38 bits per heavy atom. The molecule has 4 N–H and O–H groups in total. The molecule has 0 spiro atoms. The summed E-state index contributed by atoms with van der Waals surface area (Å²) in [7, 11) is 0. The van der Waals surface area contributed by atoms with Crippen LogP contribution in [0.1, 0.15) is 48.2 Å². The summed E-state index contributed by atoms with van der Waals surface area (Å²) in [6.07, 6.45) is 10.7. The van der Waals surface area contributed by atoms with Gasteiger partial charge in [-0.25, -0.2) is 19.9 Å². The zero-order valence-electron chi connectivity index (χ0n) is 41.7. The third-order valence-corrected chi connectivity index (χ3v) is 13.3. The van der Waals surface area contributed by atoms with E-state index >= 15 is 0 Å². The summed E-state index contributed by atoms with van der Waals surface area (Å²) in [5.74, 6) is 2.36. The summed E-state index contributed by atoms with van der Waals surface area (Å²) in [6, 6.07) is 60.1. The van der Waals surface area contributed by atoms with Crippen LogP contribution in [0.5, 0.6) is 0 Å². The van der Waals surface area contributed by atoms with Crippen LogP contribution in [0.15, 0.2) is 219 Å². The van der Waals surface area contributed by atoms with Gasteiger partial charge in [0.25, 0.3) is 0 Å². The van der Waals surface area contributed by atoms with E-state index in [1.165, 1.54) is 0 Å². The molecule has 6 aromatic heterocycles. The molecular weight excluding hydrogens is 945 g/mol. The van der Waals surface area contributed by atoms with Gasteiger partial charge in [0.15, 0.2) is 0 Å². The van der Waals surface area contributed by atoms with E-state index in [2.05, 4.69) is 99.0 Å². The van der Waals surface area contributed by atoms with Crippen molar-refractivity contribution >= 4 is 34.0 Å². The Labute approximate surface area is 439 Å². The molecule has 0 bridgehead atoms. The molecule has 0 radical (unpaired) electrons. The van der Waals surface area contributed by atoms with Gasteiger partial charge in [-0.15, -0.1) is 0 Å². The minimum absolute atomic E-state index is 0.00478. The predicted molar refractivity (Wildman–Crippen MR) is 299 cm³/mol. The Hall–Kier alpha value is -9.76. The Balaban J connectivity index is 0.000000162. The Kier molecular flexibility index (Phi) is 14.1. The lowest BCUT2D eigenvalue weighted by Crippen LogP contribution is -2.11.